The monoisotopic (exact) mass is 197 g/mol. The van der Waals surface area contributed by atoms with Crippen LogP contribution in [0.3, 0.4) is 0 Å². The summed E-state index contributed by atoms with van der Waals surface area (Å²) in [7, 11) is 0. The van der Waals surface area contributed by atoms with Gasteiger partial charge in [0.15, 0.2) is 0 Å². The van der Waals surface area contributed by atoms with Crippen molar-refractivity contribution < 1.29 is 14.3 Å². The van der Waals surface area contributed by atoms with Crippen LogP contribution in [0, 0.1) is 17.2 Å². The van der Waals surface area contributed by atoms with Crippen molar-refractivity contribution in [2.75, 3.05) is 13.2 Å². The lowest BCUT2D eigenvalue weighted by Gasteiger charge is -2.04. The van der Waals surface area contributed by atoms with Crippen molar-refractivity contribution in [3.63, 3.8) is 0 Å². The van der Waals surface area contributed by atoms with Crippen LogP contribution in [0.15, 0.2) is 12.3 Å². The average molecular weight is 197 g/mol. The van der Waals surface area contributed by atoms with Gasteiger partial charge in [-0.3, -0.25) is 4.79 Å². The molecular weight excluding hydrogens is 182 g/mol. The standard InChI is InChI=1S/C10H15NO3/c1-3-13-7-5-6-9(8-11)10(12)14-4-2/h5,7,9H,3-4,6H2,1-2H3/b7-5+. The third-order valence-electron chi connectivity index (χ3n) is 1.46. The van der Waals surface area contributed by atoms with Gasteiger partial charge in [0.1, 0.15) is 5.92 Å². The Morgan fingerprint density at radius 3 is 2.71 bits per heavy atom. The smallest absolute Gasteiger partial charge is 0.323 e. The second-order valence-electron chi connectivity index (χ2n) is 2.50. The van der Waals surface area contributed by atoms with Gasteiger partial charge in [-0.25, -0.2) is 0 Å². The Morgan fingerprint density at radius 2 is 2.21 bits per heavy atom. The maximum absolute atomic E-state index is 11.1. The third-order valence-corrected chi connectivity index (χ3v) is 1.46. The van der Waals surface area contributed by atoms with Crippen molar-refractivity contribution >= 4 is 5.97 Å². The number of ether oxygens (including phenoxy) is 2. The van der Waals surface area contributed by atoms with Gasteiger partial charge in [-0.05, 0) is 26.3 Å². The number of carbonyl (C=O) groups is 1. The fourth-order valence-electron chi connectivity index (χ4n) is 0.800. The van der Waals surface area contributed by atoms with E-state index >= 15 is 0 Å². The molecule has 0 aromatic carbocycles. The van der Waals surface area contributed by atoms with E-state index in [1.54, 1.807) is 13.0 Å². The molecule has 0 aliphatic heterocycles. The number of esters is 1. The first-order valence-corrected chi connectivity index (χ1v) is 4.59. The van der Waals surface area contributed by atoms with Crippen molar-refractivity contribution in [1.29, 1.82) is 5.26 Å². The highest BCUT2D eigenvalue weighted by Crippen LogP contribution is 2.05. The fraction of sp³-hybridized carbons (Fsp3) is 0.600. The molecule has 0 radical (unpaired) electrons. The van der Waals surface area contributed by atoms with Crippen molar-refractivity contribution in [3.8, 4) is 6.07 Å². The summed E-state index contributed by atoms with van der Waals surface area (Å²) in [5.74, 6) is -1.21. The van der Waals surface area contributed by atoms with E-state index in [4.69, 9.17) is 14.7 Å². The Balaban J connectivity index is 3.92. The van der Waals surface area contributed by atoms with Crippen LogP contribution < -0.4 is 0 Å². The van der Waals surface area contributed by atoms with Crippen molar-refractivity contribution in [2.45, 2.75) is 20.3 Å². The Bertz CT molecular complexity index is 230. The lowest BCUT2D eigenvalue weighted by Crippen LogP contribution is -2.15. The molecule has 0 aliphatic carbocycles. The summed E-state index contributed by atoms with van der Waals surface area (Å²) in [4.78, 5) is 11.1. The first kappa shape index (κ1) is 12.5. The molecule has 0 bridgehead atoms. The molecule has 14 heavy (non-hydrogen) atoms. The summed E-state index contributed by atoms with van der Waals surface area (Å²) >= 11 is 0. The Labute approximate surface area is 84.1 Å². The van der Waals surface area contributed by atoms with Gasteiger partial charge in [-0.15, -0.1) is 0 Å². The second kappa shape index (κ2) is 8.11. The third kappa shape index (κ3) is 5.20. The summed E-state index contributed by atoms with van der Waals surface area (Å²) in [5, 5.41) is 8.65. The normalized spacial score (nSPS) is 12.1. The van der Waals surface area contributed by atoms with Gasteiger partial charge in [-0.2, -0.15) is 5.26 Å². The zero-order valence-electron chi connectivity index (χ0n) is 8.53. The number of nitrogens with zero attached hydrogens (tertiary/aromatic N) is 1. The molecule has 78 valence electrons. The molecule has 4 nitrogen and oxygen atoms in total. The molecule has 4 heteroatoms. The molecule has 0 aliphatic rings. The quantitative estimate of drug-likeness (QED) is 0.479. The van der Waals surface area contributed by atoms with Crippen LogP contribution in [-0.4, -0.2) is 19.2 Å². The molecule has 0 aromatic rings. The highest BCUT2D eigenvalue weighted by atomic mass is 16.5. The Kier molecular flexibility index (Phi) is 7.24. The van der Waals surface area contributed by atoms with Gasteiger partial charge in [0, 0.05) is 0 Å². The molecule has 0 heterocycles. The van der Waals surface area contributed by atoms with Gasteiger partial charge in [0.2, 0.25) is 0 Å². The van der Waals surface area contributed by atoms with Crippen LogP contribution >= 0.6 is 0 Å². The molecule has 0 spiro atoms. The lowest BCUT2D eigenvalue weighted by molar-refractivity contribution is -0.145. The second-order valence-corrected chi connectivity index (χ2v) is 2.50. The number of nitriles is 1. The predicted octanol–water partition coefficient (Wildman–Crippen LogP) is 1.63. The number of carbonyl (C=O) groups excluding carboxylic acids is 1. The molecule has 0 saturated heterocycles. The van der Waals surface area contributed by atoms with Gasteiger partial charge in [0.05, 0.1) is 25.5 Å². The van der Waals surface area contributed by atoms with Gasteiger partial charge < -0.3 is 9.47 Å². The van der Waals surface area contributed by atoms with E-state index in [1.807, 2.05) is 13.0 Å². The van der Waals surface area contributed by atoms with E-state index in [-0.39, 0.29) is 0 Å². The first-order valence-electron chi connectivity index (χ1n) is 4.59. The maximum Gasteiger partial charge on any atom is 0.323 e. The highest BCUT2D eigenvalue weighted by Gasteiger charge is 2.16. The molecule has 0 saturated carbocycles. The lowest BCUT2D eigenvalue weighted by atomic mass is 10.1. The van der Waals surface area contributed by atoms with E-state index in [0.717, 1.165) is 0 Å². The van der Waals surface area contributed by atoms with E-state index in [1.165, 1.54) is 6.26 Å². The molecule has 0 aromatic heterocycles. The van der Waals surface area contributed by atoms with Crippen LogP contribution in [0.1, 0.15) is 20.3 Å². The molecule has 0 fully saturated rings. The van der Waals surface area contributed by atoms with Crippen LogP contribution in [0.25, 0.3) is 0 Å². The Hall–Kier alpha value is -1.50. The molecule has 0 N–H and O–H groups in total. The first-order chi connectivity index (χ1) is 6.76. The minimum absolute atomic E-state index is 0.298. The fourth-order valence-corrected chi connectivity index (χ4v) is 0.800. The van der Waals surface area contributed by atoms with Crippen molar-refractivity contribution in [1.82, 2.24) is 0 Å². The molecular formula is C10H15NO3. The summed E-state index contributed by atoms with van der Waals surface area (Å²) in [6.07, 6.45) is 3.47. The highest BCUT2D eigenvalue weighted by molar-refractivity contribution is 5.75. The number of hydrogen-bond donors (Lipinski definition) is 0. The summed E-state index contributed by atoms with van der Waals surface area (Å²) in [6, 6.07) is 1.88. The van der Waals surface area contributed by atoms with E-state index in [9.17, 15) is 4.79 Å². The van der Waals surface area contributed by atoms with Crippen molar-refractivity contribution in [3.05, 3.63) is 12.3 Å². The molecule has 1 atom stereocenters. The minimum atomic E-state index is -0.730. The van der Waals surface area contributed by atoms with Crippen LogP contribution in [0.2, 0.25) is 0 Å². The van der Waals surface area contributed by atoms with Crippen LogP contribution in [0.5, 0.6) is 0 Å². The average Bonchev–Trinajstić information content (AvgIpc) is 2.18. The maximum atomic E-state index is 11.1. The van der Waals surface area contributed by atoms with Gasteiger partial charge in [-0.1, -0.05) is 0 Å². The van der Waals surface area contributed by atoms with E-state index in [0.29, 0.717) is 19.6 Å². The van der Waals surface area contributed by atoms with Gasteiger partial charge in [0.25, 0.3) is 0 Å². The number of rotatable bonds is 6. The topological polar surface area (TPSA) is 59.3 Å². The number of hydrogen-bond acceptors (Lipinski definition) is 4. The van der Waals surface area contributed by atoms with Crippen LogP contribution in [-0.2, 0) is 14.3 Å². The van der Waals surface area contributed by atoms with E-state index < -0.39 is 11.9 Å². The minimum Gasteiger partial charge on any atom is -0.502 e. The SMILES string of the molecule is CCO/C=C/CC(C#N)C(=O)OCC. The van der Waals surface area contributed by atoms with E-state index in [2.05, 4.69) is 0 Å². The van der Waals surface area contributed by atoms with Gasteiger partial charge >= 0.3 is 5.97 Å². The summed E-state index contributed by atoms with van der Waals surface area (Å²) in [5.41, 5.74) is 0. The summed E-state index contributed by atoms with van der Waals surface area (Å²) in [6.45, 7) is 4.44. The van der Waals surface area contributed by atoms with Crippen LogP contribution in [0.4, 0.5) is 0 Å². The molecule has 1 unspecified atom stereocenters. The zero-order valence-corrected chi connectivity index (χ0v) is 8.53. The molecule has 0 rings (SSSR count). The largest absolute Gasteiger partial charge is 0.502 e. The molecule has 0 amide bonds. The Morgan fingerprint density at radius 1 is 1.50 bits per heavy atom. The zero-order chi connectivity index (χ0) is 10.8. The number of allylic oxidation sites excluding steroid dienone is 1. The van der Waals surface area contributed by atoms with Crippen molar-refractivity contribution in [2.24, 2.45) is 5.92 Å². The predicted molar refractivity (Wildman–Crippen MR) is 51.1 cm³/mol. The summed E-state index contributed by atoms with van der Waals surface area (Å²) < 4.78 is 9.64.